The number of rotatable bonds is 5. The standard InChI is InChI=1S/C10H19N3O/c1-4-8(11)6-9-12-10(14-13-9)5-7(2)3/h7-8H,4-6,11H2,1-3H3. The lowest BCUT2D eigenvalue weighted by molar-refractivity contribution is 0.357. The fourth-order valence-corrected chi connectivity index (χ4v) is 1.18. The molecule has 14 heavy (non-hydrogen) atoms. The molecule has 0 spiro atoms. The van der Waals surface area contributed by atoms with Crippen molar-refractivity contribution in [3.63, 3.8) is 0 Å². The van der Waals surface area contributed by atoms with Crippen LogP contribution in [-0.2, 0) is 12.8 Å². The molecule has 0 fully saturated rings. The molecule has 0 bridgehead atoms. The Morgan fingerprint density at radius 2 is 2.07 bits per heavy atom. The van der Waals surface area contributed by atoms with Crippen molar-refractivity contribution < 1.29 is 4.52 Å². The van der Waals surface area contributed by atoms with Crippen molar-refractivity contribution in [1.82, 2.24) is 10.1 Å². The lowest BCUT2D eigenvalue weighted by Crippen LogP contribution is -2.22. The summed E-state index contributed by atoms with van der Waals surface area (Å²) in [5.74, 6) is 2.00. The number of hydrogen-bond acceptors (Lipinski definition) is 4. The van der Waals surface area contributed by atoms with E-state index < -0.39 is 0 Å². The molecule has 0 radical (unpaired) electrons. The van der Waals surface area contributed by atoms with Gasteiger partial charge in [-0.25, -0.2) is 0 Å². The third-order valence-corrected chi connectivity index (χ3v) is 2.06. The highest BCUT2D eigenvalue weighted by molar-refractivity contribution is 4.89. The molecule has 0 aliphatic heterocycles. The Hall–Kier alpha value is -0.900. The Labute approximate surface area is 84.9 Å². The lowest BCUT2D eigenvalue weighted by atomic mass is 10.1. The predicted octanol–water partition coefficient (Wildman–Crippen LogP) is 1.55. The van der Waals surface area contributed by atoms with Crippen molar-refractivity contribution in [2.45, 2.75) is 46.1 Å². The van der Waals surface area contributed by atoms with Crippen molar-refractivity contribution in [3.8, 4) is 0 Å². The first-order valence-corrected chi connectivity index (χ1v) is 5.18. The molecule has 1 heterocycles. The summed E-state index contributed by atoms with van der Waals surface area (Å²) in [4.78, 5) is 4.28. The Bertz CT molecular complexity index is 270. The first kappa shape index (κ1) is 11.2. The van der Waals surface area contributed by atoms with Gasteiger partial charge in [0.05, 0.1) is 0 Å². The molecular formula is C10H19N3O. The van der Waals surface area contributed by atoms with Crippen molar-refractivity contribution in [1.29, 1.82) is 0 Å². The molecule has 4 nitrogen and oxygen atoms in total. The van der Waals surface area contributed by atoms with Gasteiger partial charge >= 0.3 is 0 Å². The Morgan fingerprint density at radius 1 is 1.36 bits per heavy atom. The first-order valence-electron chi connectivity index (χ1n) is 5.18. The molecule has 1 aromatic rings. The molecule has 1 atom stereocenters. The number of aromatic nitrogens is 2. The van der Waals surface area contributed by atoms with Crippen molar-refractivity contribution in [3.05, 3.63) is 11.7 Å². The van der Waals surface area contributed by atoms with E-state index in [4.69, 9.17) is 10.3 Å². The van der Waals surface area contributed by atoms with E-state index in [1.807, 2.05) is 0 Å². The van der Waals surface area contributed by atoms with E-state index in [1.54, 1.807) is 0 Å². The van der Waals surface area contributed by atoms with Crippen LogP contribution in [0.2, 0.25) is 0 Å². The summed E-state index contributed by atoms with van der Waals surface area (Å²) in [6.07, 6.45) is 2.49. The SMILES string of the molecule is CCC(N)Cc1noc(CC(C)C)n1. The van der Waals surface area contributed by atoms with Gasteiger partial charge < -0.3 is 10.3 Å². The molecule has 1 rings (SSSR count). The summed E-state index contributed by atoms with van der Waals surface area (Å²) < 4.78 is 5.10. The zero-order chi connectivity index (χ0) is 10.6. The van der Waals surface area contributed by atoms with E-state index in [0.717, 1.165) is 24.6 Å². The number of nitrogens with zero attached hydrogens (tertiary/aromatic N) is 2. The van der Waals surface area contributed by atoms with Crippen LogP contribution in [0, 0.1) is 5.92 Å². The molecule has 1 aromatic heterocycles. The topological polar surface area (TPSA) is 64.9 Å². The fourth-order valence-electron chi connectivity index (χ4n) is 1.18. The summed E-state index contributed by atoms with van der Waals surface area (Å²) in [7, 11) is 0. The second kappa shape index (κ2) is 5.10. The van der Waals surface area contributed by atoms with Crippen LogP contribution >= 0.6 is 0 Å². The maximum Gasteiger partial charge on any atom is 0.226 e. The van der Waals surface area contributed by atoms with Crippen LogP contribution in [0.1, 0.15) is 38.9 Å². The quantitative estimate of drug-likeness (QED) is 0.777. The van der Waals surface area contributed by atoms with Gasteiger partial charge in [-0.05, 0) is 12.3 Å². The van der Waals surface area contributed by atoms with Gasteiger partial charge in [-0.15, -0.1) is 0 Å². The summed E-state index contributed by atoms with van der Waals surface area (Å²) in [5, 5.41) is 3.89. The Morgan fingerprint density at radius 3 is 2.64 bits per heavy atom. The molecule has 4 heteroatoms. The maximum atomic E-state index is 5.79. The second-order valence-electron chi connectivity index (χ2n) is 4.07. The minimum atomic E-state index is 0.138. The molecule has 2 N–H and O–H groups in total. The van der Waals surface area contributed by atoms with Crippen molar-refractivity contribution in [2.24, 2.45) is 11.7 Å². The molecule has 0 aliphatic rings. The summed E-state index contributed by atoms with van der Waals surface area (Å²) >= 11 is 0. The van der Waals surface area contributed by atoms with E-state index in [2.05, 4.69) is 30.9 Å². The van der Waals surface area contributed by atoms with Crippen molar-refractivity contribution in [2.75, 3.05) is 0 Å². The fraction of sp³-hybridized carbons (Fsp3) is 0.800. The largest absolute Gasteiger partial charge is 0.339 e. The number of hydrogen-bond donors (Lipinski definition) is 1. The van der Waals surface area contributed by atoms with Crippen LogP contribution in [0.3, 0.4) is 0 Å². The molecular weight excluding hydrogens is 178 g/mol. The second-order valence-corrected chi connectivity index (χ2v) is 4.07. The third kappa shape index (κ3) is 3.46. The van der Waals surface area contributed by atoms with Crippen LogP contribution in [0.4, 0.5) is 0 Å². The zero-order valence-corrected chi connectivity index (χ0v) is 9.16. The summed E-state index contributed by atoms with van der Waals surface area (Å²) in [6, 6.07) is 0.138. The first-order chi connectivity index (χ1) is 6.61. The van der Waals surface area contributed by atoms with Gasteiger partial charge in [0.1, 0.15) is 0 Å². The third-order valence-electron chi connectivity index (χ3n) is 2.06. The number of nitrogens with two attached hydrogens (primary N) is 1. The molecule has 80 valence electrons. The normalized spacial score (nSPS) is 13.5. The highest BCUT2D eigenvalue weighted by Gasteiger charge is 2.10. The molecule has 1 unspecified atom stereocenters. The van der Waals surface area contributed by atoms with Gasteiger partial charge in [0.15, 0.2) is 5.82 Å². The predicted molar refractivity (Wildman–Crippen MR) is 54.8 cm³/mol. The molecule has 0 saturated carbocycles. The van der Waals surface area contributed by atoms with Gasteiger partial charge in [-0.3, -0.25) is 0 Å². The highest BCUT2D eigenvalue weighted by Crippen LogP contribution is 2.06. The van der Waals surface area contributed by atoms with Gasteiger partial charge in [-0.1, -0.05) is 25.9 Å². The van der Waals surface area contributed by atoms with Gasteiger partial charge in [0, 0.05) is 18.9 Å². The van der Waals surface area contributed by atoms with Gasteiger partial charge in [0.25, 0.3) is 0 Å². The molecule has 0 aliphatic carbocycles. The van der Waals surface area contributed by atoms with Gasteiger partial charge in [0.2, 0.25) is 5.89 Å². The van der Waals surface area contributed by atoms with E-state index in [1.165, 1.54) is 0 Å². The summed E-state index contributed by atoms with van der Waals surface area (Å²) in [6.45, 7) is 6.31. The average molecular weight is 197 g/mol. The minimum Gasteiger partial charge on any atom is -0.339 e. The van der Waals surface area contributed by atoms with E-state index in [-0.39, 0.29) is 6.04 Å². The summed E-state index contributed by atoms with van der Waals surface area (Å²) in [5.41, 5.74) is 5.79. The molecule has 0 saturated heterocycles. The van der Waals surface area contributed by atoms with Crippen LogP contribution in [0.25, 0.3) is 0 Å². The zero-order valence-electron chi connectivity index (χ0n) is 9.16. The van der Waals surface area contributed by atoms with Crippen LogP contribution < -0.4 is 5.73 Å². The average Bonchev–Trinajstić information content (AvgIpc) is 2.51. The van der Waals surface area contributed by atoms with Crippen LogP contribution in [0.5, 0.6) is 0 Å². The van der Waals surface area contributed by atoms with Crippen LogP contribution in [0.15, 0.2) is 4.52 Å². The Balaban J connectivity index is 2.50. The van der Waals surface area contributed by atoms with E-state index in [9.17, 15) is 0 Å². The van der Waals surface area contributed by atoms with Crippen molar-refractivity contribution >= 4 is 0 Å². The lowest BCUT2D eigenvalue weighted by Gasteiger charge is -2.02. The molecule has 0 amide bonds. The smallest absolute Gasteiger partial charge is 0.226 e. The van der Waals surface area contributed by atoms with Crippen LogP contribution in [-0.4, -0.2) is 16.2 Å². The highest BCUT2D eigenvalue weighted by atomic mass is 16.5. The Kier molecular flexibility index (Phi) is 4.07. The van der Waals surface area contributed by atoms with E-state index >= 15 is 0 Å². The maximum absolute atomic E-state index is 5.79. The monoisotopic (exact) mass is 197 g/mol. The molecule has 0 aromatic carbocycles. The van der Waals surface area contributed by atoms with E-state index in [0.29, 0.717) is 12.3 Å². The minimum absolute atomic E-state index is 0.138. The van der Waals surface area contributed by atoms with Gasteiger partial charge in [-0.2, -0.15) is 4.98 Å².